The SMILES string of the molecule is CC(C)(C)NCCNc1ccc2oc(=O)[nH]c2c1. The van der Waals surface area contributed by atoms with E-state index in [1.165, 1.54) is 0 Å². The maximum atomic E-state index is 11.0. The molecule has 1 aromatic heterocycles. The minimum Gasteiger partial charge on any atom is -0.408 e. The van der Waals surface area contributed by atoms with E-state index >= 15 is 0 Å². The van der Waals surface area contributed by atoms with Gasteiger partial charge in [0, 0.05) is 24.3 Å². The highest BCUT2D eigenvalue weighted by molar-refractivity contribution is 5.76. The first-order valence-electron chi connectivity index (χ1n) is 6.06. The molecule has 98 valence electrons. The van der Waals surface area contributed by atoms with Crippen LogP contribution < -0.4 is 16.4 Å². The van der Waals surface area contributed by atoms with Crippen molar-refractivity contribution >= 4 is 16.8 Å². The quantitative estimate of drug-likeness (QED) is 0.724. The summed E-state index contributed by atoms with van der Waals surface area (Å²) < 4.78 is 4.94. The maximum Gasteiger partial charge on any atom is 0.417 e. The number of rotatable bonds is 4. The fourth-order valence-corrected chi connectivity index (χ4v) is 1.71. The molecule has 1 heterocycles. The van der Waals surface area contributed by atoms with Gasteiger partial charge in [-0.1, -0.05) is 0 Å². The van der Waals surface area contributed by atoms with Crippen LogP contribution in [0.3, 0.4) is 0 Å². The summed E-state index contributed by atoms with van der Waals surface area (Å²) in [6, 6.07) is 5.56. The summed E-state index contributed by atoms with van der Waals surface area (Å²) in [4.78, 5) is 13.7. The van der Waals surface area contributed by atoms with Gasteiger partial charge in [0.25, 0.3) is 0 Å². The molecule has 18 heavy (non-hydrogen) atoms. The minimum atomic E-state index is -0.420. The summed E-state index contributed by atoms with van der Waals surface area (Å²) in [5.74, 6) is -0.420. The zero-order valence-corrected chi connectivity index (χ0v) is 11.0. The van der Waals surface area contributed by atoms with Crippen molar-refractivity contribution in [1.29, 1.82) is 0 Å². The van der Waals surface area contributed by atoms with Gasteiger partial charge in [0.2, 0.25) is 0 Å². The van der Waals surface area contributed by atoms with Crippen molar-refractivity contribution < 1.29 is 4.42 Å². The minimum absolute atomic E-state index is 0.126. The maximum absolute atomic E-state index is 11.0. The first kappa shape index (κ1) is 12.7. The molecule has 0 unspecified atom stereocenters. The summed E-state index contributed by atoms with van der Waals surface area (Å²) in [7, 11) is 0. The third-order valence-corrected chi connectivity index (χ3v) is 2.53. The molecule has 5 nitrogen and oxygen atoms in total. The van der Waals surface area contributed by atoms with Crippen LogP contribution in [0.4, 0.5) is 5.69 Å². The number of benzene rings is 1. The highest BCUT2D eigenvalue weighted by atomic mass is 16.4. The lowest BCUT2D eigenvalue weighted by Gasteiger charge is -2.20. The molecule has 3 N–H and O–H groups in total. The Kier molecular flexibility index (Phi) is 3.43. The Bertz CT molecular complexity index is 578. The fourth-order valence-electron chi connectivity index (χ4n) is 1.71. The molecule has 0 aliphatic rings. The number of hydrogen-bond donors (Lipinski definition) is 3. The molecule has 0 radical (unpaired) electrons. The molecule has 2 aromatic rings. The molecule has 0 atom stereocenters. The third-order valence-electron chi connectivity index (χ3n) is 2.53. The van der Waals surface area contributed by atoms with Crippen molar-refractivity contribution in [1.82, 2.24) is 10.3 Å². The molecule has 0 spiro atoms. The molecule has 0 saturated heterocycles. The van der Waals surface area contributed by atoms with Gasteiger partial charge in [-0.15, -0.1) is 0 Å². The molecule has 0 bridgehead atoms. The van der Waals surface area contributed by atoms with E-state index < -0.39 is 5.76 Å². The number of fused-ring (bicyclic) bond motifs is 1. The lowest BCUT2D eigenvalue weighted by Crippen LogP contribution is -2.38. The number of aromatic nitrogens is 1. The number of hydrogen-bond acceptors (Lipinski definition) is 4. The van der Waals surface area contributed by atoms with Crippen LogP contribution in [0.5, 0.6) is 0 Å². The average molecular weight is 249 g/mol. The van der Waals surface area contributed by atoms with Crippen molar-refractivity contribution in [2.45, 2.75) is 26.3 Å². The van der Waals surface area contributed by atoms with Gasteiger partial charge in [0.1, 0.15) is 0 Å². The van der Waals surface area contributed by atoms with Crippen molar-refractivity contribution in [3.05, 3.63) is 28.7 Å². The molecular formula is C13H19N3O2. The van der Waals surface area contributed by atoms with Crippen LogP contribution in [0.25, 0.3) is 11.1 Å². The summed E-state index contributed by atoms with van der Waals surface area (Å²) in [5, 5.41) is 6.69. The Labute approximate surface area is 106 Å². The van der Waals surface area contributed by atoms with Gasteiger partial charge in [-0.2, -0.15) is 0 Å². The first-order valence-corrected chi connectivity index (χ1v) is 6.06. The molecule has 1 aromatic carbocycles. The van der Waals surface area contributed by atoms with Gasteiger partial charge in [0.05, 0.1) is 5.52 Å². The van der Waals surface area contributed by atoms with Crippen LogP contribution in [0, 0.1) is 0 Å². The topological polar surface area (TPSA) is 70.1 Å². The smallest absolute Gasteiger partial charge is 0.408 e. The fraction of sp³-hybridized carbons (Fsp3) is 0.462. The highest BCUT2D eigenvalue weighted by Gasteiger charge is 2.07. The van der Waals surface area contributed by atoms with Crippen LogP contribution in [0.2, 0.25) is 0 Å². The van der Waals surface area contributed by atoms with Crippen molar-refractivity contribution in [3.63, 3.8) is 0 Å². The van der Waals surface area contributed by atoms with Crippen LogP contribution in [-0.4, -0.2) is 23.6 Å². The average Bonchev–Trinajstić information content (AvgIpc) is 2.62. The predicted octanol–water partition coefficient (Wildman–Crippen LogP) is 1.92. The number of oxazole rings is 1. The summed E-state index contributed by atoms with van der Waals surface area (Å²) in [6.45, 7) is 8.11. The predicted molar refractivity (Wildman–Crippen MR) is 73.1 cm³/mol. The van der Waals surface area contributed by atoms with E-state index in [4.69, 9.17) is 4.42 Å². The van der Waals surface area contributed by atoms with Gasteiger partial charge < -0.3 is 15.1 Å². The lowest BCUT2D eigenvalue weighted by atomic mass is 10.1. The van der Waals surface area contributed by atoms with E-state index in [9.17, 15) is 4.79 Å². The first-order chi connectivity index (χ1) is 8.44. The molecule has 0 aliphatic carbocycles. The Morgan fingerprint density at radius 2 is 2.06 bits per heavy atom. The molecule has 0 saturated carbocycles. The molecule has 0 amide bonds. The summed E-state index contributed by atoms with van der Waals surface area (Å²) in [6.07, 6.45) is 0. The van der Waals surface area contributed by atoms with E-state index in [-0.39, 0.29) is 5.54 Å². The second-order valence-electron chi connectivity index (χ2n) is 5.33. The van der Waals surface area contributed by atoms with Crippen molar-refractivity contribution in [2.75, 3.05) is 18.4 Å². The third kappa shape index (κ3) is 3.37. The zero-order chi connectivity index (χ0) is 13.2. The van der Waals surface area contributed by atoms with Gasteiger partial charge in [-0.05, 0) is 39.0 Å². The van der Waals surface area contributed by atoms with Crippen molar-refractivity contribution in [2.24, 2.45) is 0 Å². The van der Waals surface area contributed by atoms with E-state index in [2.05, 4.69) is 36.4 Å². The summed E-state index contributed by atoms with van der Waals surface area (Å²) >= 11 is 0. The van der Waals surface area contributed by atoms with Crippen LogP contribution in [0.1, 0.15) is 20.8 Å². The van der Waals surface area contributed by atoms with Crippen LogP contribution in [0.15, 0.2) is 27.4 Å². The Morgan fingerprint density at radius 3 is 2.78 bits per heavy atom. The zero-order valence-electron chi connectivity index (χ0n) is 11.0. The van der Waals surface area contributed by atoms with E-state index in [0.717, 1.165) is 18.8 Å². The Balaban J connectivity index is 1.93. The van der Waals surface area contributed by atoms with Gasteiger partial charge in [-0.3, -0.25) is 4.98 Å². The van der Waals surface area contributed by atoms with Gasteiger partial charge >= 0.3 is 5.76 Å². The largest absolute Gasteiger partial charge is 0.417 e. The second kappa shape index (κ2) is 4.86. The Hall–Kier alpha value is -1.75. The standard InChI is InChI=1S/C13H19N3O2/c1-13(2,3)15-7-6-14-9-4-5-11-10(8-9)16-12(17)18-11/h4-5,8,14-15H,6-7H2,1-3H3,(H,16,17). The second-order valence-corrected chi connectivity index (χ2v) is 5.33. The molecule has 5 heteroatoms. The number of nitrogens with one attached hydrogen (secondary N) is 3. The summed E-state index contributed by atoms with van der Waals surface area (Å²) in [5.41, 5.74) is 2.39. The van der Waals surface area contributed by atoms with Crippen molar-refractivity contribution in [3.8, 4) is 0 Å². The van der Waals surface area contributed by atoms with E-state index in [1.807, 2.05) is 12.1 Å². The lowest BCUT2D eigenvalue weighted by molar-refractivity contribution is 0.435. The molecule has 0 aliphatic heterocycles. The van der Waals surface area contributed by atoms with E-state index in [1.54, 1.807) is 6.07 Å². The van der Waals surface area contributed by atoms with E-state index in [0.29, 0.717) is 11.1 Å². The molecule has 0 fully saturated rings. The molecule has 2 rings (SSSR count). The number of aromatic amines is 1. The normalized spacial score (nSPS) is 11.9. The Morgan fingerprint density at radius 1 is 1.28 bits per heavy atom. The number of anilines is 1. The van der Waals surface area contributed by atoms with Crippen LogP contribution in [-0.2, 0) is 0 Å². The monoisotopic (exact) mass is 249 g/mol. The highest BCUT2D eigenvalue weighted by Crippen LogP contribution is 2.15. The van der Waals surface area contributed by atoms with Gasteiger partial charge in [-0.25, -0.2) is 4.79 Å². The van der Waals surface area contributed by atoms with Crippen LogP contribution >= 0.6 is 0 Å². The molecular weight excluding hydrogens is 230 g/mol. The van der Waals surface area contributed by atoms with Gasteiger partial charge in [0.15, 0.2) is 5.58 Å². The number of H-pyrrole nitrogens is 1.